The average molecular weight is 431 g/mol. The highest BCUT2D eigenvalue weighted by atomic mass is 35.5. The van der Waals surface area contributed by atoms with Crippen molar-refractivity contribution in [2.24, 2.45) is 4.99 Å². The minimum Gasteiger partial charge on any atom is -0.466 e. The first kappa shape index (κ1) is 18.9. The highest BCUT2D eigenvalue weighted by Gasteiger charge is 2.32. The number of thiazole rings is 1. The van der Waals surface area contributed by atoms with E-state index in [0.717, 1.165) is 10.4 Å². The predicted octanol–water partition coefficient (Wildman–Crippen LogP) is 3.12. The number of rotatable bonds is 3. The Morgan fingerprint density at radius 2 is 2.04 bits per heavy atom. The van der Waals surface area contributed by atoms with Crippen LogP contribution in [0.3, 0.4) is 0 Å². The molecule has 1 aliphatic heterocycles. The summed E-state index contributed by atoms with van der Waals surface area (Å²) < 4.78 is 7.11. The number of methoxy groups -OCH3 is 1. The van der Waals surface area contributed by atoms with Crippen molar-refractivity contribution in [3.8, 4) is 0 Å². The average Bonchev–Trinajstić information content (AvgIpc) is 3.29. The molecule has 0 amide bonds. The monoisotopic (exact) mass is 430 g/mol. The Morgan fingerprint density at radius 1 is 1.29 bits per heavy atom. The van der Waals surface area contributed by atoms with E-state index in [9.17, 15) is 9.59 Å². The van der Waals surface area contributed by atoms with Gasteiger partial charge in [0.25, 0.3) is 5.56 Å². The third-order valence-corrected chi connectivity index (χ3v) is 6.48. The van der Waals surface area contributed by atoms with Crippen molar-refractivity contribution >= 4 is 46.3 Å². The van der Waals surface area contributed by atoms with Crippen LogP contribution in [0.5, 0.6) is 0 Å². The van der Waals surface area contributed by atoms with E-state index in [1.54, 1.807) is 35.0 Å². The van der Waals surface area contributed by atoms with Gasteiger partial charge < -0.3 is 4.74 Å². The molecule has 1 aromatic carbocycles. The zero-order chi connectivity index (χ0) is 19.8. The number of carbonyl (C=O) groups is 1. The molecule has 1 atom stereocenters. The summed E-state index contributed by atoms with van der Waals surface area (Å²) >= 11 is 8.89. The molecule has 0 fully saturated rings. The Hall–Kier alpha value is -2.48. The predicted molar refractivity (Wildman–Crippen MR) is 112 cm³/mol. The van der Waals surface area contributed by atoms with E-state index in [0.29, 0.717) is 25.6 Å². The molecule has 3 aromatic rings. The fourth-order valence-electron chi connectivity index (χ4n) is 3.16. The molecule has 0 saturated carbocycles. The van der Waals surface area contributed by atoms with Gasteiger partial charge in [-0.3, -0.25) is 9.36 Å². The fourth-order valence-corrected chi connectivity index (χ4v) is 5.05. The van der Waals surface area contributed by atoms with Crippen LogP contribution >= 0.6 is 34.3 Å². The molecule has 142 valence electrons. The number of esters is 1. The summed E-state index contributed by atoms with van der Waals surface area (Å²) in [6.45, 7) is 1.76. The van der Waals surface area contributed by atoms with Crippen LogP contribution in [0, 0.1) is 0 Å². The van der Waals surface area contributed by atoms with Gasteiger partial charge in [-0.25, -0.2) is 9.79 Å². The van der Waals surface area contributed by atoms with E-state index in [1.807, 2.05) is 35.7 Å². The van der Waals surface area contributed by atoms with E-state index in [-0.39, 0.29) is 5.56 Å². The van der Waals surface area contributed by atoms with Crippen LogP contribution in [0.15, 0.2) is 62.8 Å². The smallest absolute Gasteiger partial charge is 0.338 e. The molecule has 3 heterocycles. The lowest BCUT2D eigenvalue weighted by Gasteiger charge is -2.24. The Bertz CT molecular complexity index is 1250. The molecule has 0 bridgehead atoms. The maximum atomic E-state index is 13.2. The number of benzene rings is 1. The lowest BCUT2D eigenvalue weighted by Crippen LogP contribution is -2.39. The first-order chi connectivity index (χ1) is 13.5. The van der Waals surface area contributed by atoms with Gasteiger partial charge in [-0.05, 0) is 42.1 Å². The number of carbonyl (C=O) groups excluding carboxylic acids is 1. The van der Waals surface area contributed by atoms with E-state index in [4.69, 9.17) is 16.3 Å². The van der Waals surface area contributed by atoms with E-state index < -0.39 is 12.0 Å². The Balaban J connectivity index is 2.00. The molecular formula is C20H15ClN2O3S2. The second-order valence-electron chi connectivity index (χ2n) is 6.14. The molecule has 1 aliphatic rings. The normalized spacial score (nSPS) is 16.7. The highest BCUT2D eigenvalue weighted by Crippen LogP contribution is 2.31. The SMILES string of the molecule is COC(=O)C1=C(C)N=c2sc(=Cc3cccs3)c(=O)n2C1c1ccc(Cl)cc1. The third-order valence-electron chi connectivity index (χ3n) is 4.43. The standard InChI is InChI=1S/C20H15ClN2O3S2/c1-11-16(19(25)26-2)17(12-5-7-13(21)8-6-12)23-18(24)15(28-20(23)22-11)10-14-4-3-9-27-14/h3-10,17H,1-2H3. The summed E-state index contributed by atoms with van der Waals surface area (Å²) in [5, 5.41) is 2.54. The number of hydrogen-bond donors (Lipinski definition) is 0. The fraction of sp³-hybridized carbons (Fsp3) is 0.150. The molecule has 2 aromatic heterocycles. The minimum absolute atomic E-state index is 0.189. The van der Waals surface area contributed by atoms with Gasteiger partial charge in [-0.15, -0.1) is 11.3 Å². The molecule has 0 saturated heterocycles. The van der Waals surface area contributed by atoms with Crippen LogP contribution in [0.25, 0.3) is 6.08 Å². The quantitative estimate of drug-likeness (QED) is 0.600. The second kappa shape index (κ2) is 7.50. The van der Waals surface area contributed by atoms with Gasteiger partial charge in [0, 0.05) is 9.90 Å². The van der Waals surface area contributed by atoms with Gasteiger partial charge in [0.1, 0.15) is 0 Å². The minimum atomic E-state index is -0.619. The maximum absolute atomic E-state index is 13.2. The Labute approximate surface area is 173 Å². The van der Waals surface area contributed by atoms with Crippen molar-refractivity contribution in [1.29, 1.82) is 0 Å². The summed E-state index contributed by atoms with van der Waals surface area (Å²) in [6.07, 6.45) is 1.85. The van der Waals surface area contributed by atoms with Crippen LogP contribution in [0.4, 0.5) is 0 Å². The number of fused-ring (bicyclic) bond motifs is 1. The maximum Gasteiger partial charge on any atom is 0.338 e. The second-order valence-corrected chi connectivity index (χ2v) is 8.57. The van der Waals surface area contributed by atoms with Crippen molar-refractivity contribution < 1.29 is 9.53 Å². The number of hydrogen-bond acceptors (Lipinski definition) is 6. The van der Waals surface area contributed by atoms with Crippen molar-refractivity contribution in [3.05, 3.63) is 88.2 Å². The van der Waals surface area contributed by atoms with Crippen LogP contribution in [0.1, 0.15) is 23.4 Å². The molecule has 0 N–H and O–H groups in total. The first-order valence-corrected chi connectivity index (χ1v) is 10.5. The number of nitrogens with zero attached hydrogens (tertiary/aromatic N) is 2. The third kappa shape index (κ3) is 3.26. The highest BCUT2D eigenvalue weighted by molar-refractivity contribution is 7.11. The summed E-state index contributed by atoms with van der Waals surface area (Å²) in [7, 11) is 1.32. The van der Waals surface area contributed by atoms with Crippen LogP contribution in [0.2, 0.25) is 5.02 Å². The lowest BCUT2D eigenvalue weighted by molar-refractivity contribution is -0.136. The van der Waals surface area contributed by atoms with E-state index in [2.05, 4.69) is 4.99 Å². The van der Waals surface area contributed by atoms with Crippen molar-refractivity contribution in [3.63, 3.8) is 0 Å². The number of ether oxygens (including phenoxy) is 1. The van der Waals surface area contributed by atoms with Gasteiger partial charge in [0.15, 0.2) is 4.80 Å². The van der Waals surface area contributed by atoms with Crippen molar-refractivity contribution in [2.45, 2.75) is 13.0 Å². The summed E-state index contributed by atoms with van der Waals surface area (Å²) in [5.74, 6) is -0.506. The van der Waals surface area contributed by atoms with Crippen LogP contribution < -0.4 is 14.9 Å². The number of thiophene rings is 1. The topological polar surface area (TPSA) is 60.7 Å². The molecule has 1 unspecified atom stereocenters. The van der Waals surface area contributed by atoms with E-state index >= 15 is 0 Å². The summed E-state index contributed by atoms with van der Waals surface area (Å²) in [4.78, 5) is 31.8. The number of halogens is 1. The molecule has 0 aliphatic carbocycles. The molecule has 28 heavy (non-hydrogen) atoms. The van der Waals surface area contributed by atoms with Crippen LogP contribution in [-0.2, 0) is 9.53 Å². The number of allylic oxidation sites excluding steroid dienone is 1. The summed E-state index contributed by atoms with van der Waals surface area (Å²) in [6, 6.07) is 10.4. The zero-order valence-corrected chi connectivity index (χ0v) is 17.4. The van der Waals surface area contributed by atoms with Gasteiger partial charge in [-0.1, -0.05) is 41.1 Å². The molecule has 4 rings (SSSR count). The summed E-state index contributed by atoms with van der Waals surface area (Å²) in [5.41, 5.74) is 1.46. The first-order valence-electron chi connectivity index (χ1n) is 8.39. The molecule has 5 nitrogen and oxygen atoms in total. The van der Waals surface area contributed by atoms with Crippen LogP contribution in [-0.4, -0.2) is 17.6 Å². The number of aromatic nitrogens is 1. The Kier molecular flexibility index (Phi) is 5.05. The van der Waals surface area contributed by atoms with Gasteiger partial charge >= 0.3 is 5.97 Å². The Morgan fingerprint density at radius 3 is 2.68 bits per heavy atom. The molecule has 0 spiro atoms. The van der Waals surface area contributed by atoms with Gasteiger partial charge in [-0.2, -0.15) is 0 Å². The zero-order valence-electron chi connectivity index (χ0n) is 15.0. The molecule has 8 heteroatoms. The van der Waals surface area contributed by atoms with Gasteiger partial charge in [0.2, 0.25) is 0 Å². The lowest BCUT2D eigenvalue weighted by atomic mass is 9.96. The molecule has 0 radical (unpaired) electrons. The molecular weight excluding hydrogens is 416 g/mol. The van der Waals surface area contributed by atoms with Crippen molar-refractivity contribution in [2.75, 3.05) is 7.11 Å². The van der Waals surface area contributed by atoms with Gasteiger partial charge in [0.05, 0.1) is 29.0 Å². The van der Waals surface area contributed by atoms with E-state index in [1.165, 1.54) is 18.4 Å². The van der Waals surface area contributed by atoms with Crippen molar-refractivity contribution in [1.82, 2.24) is 4.57 Å². The largest absolute Gasteiger partial charge is 0.466 e.